The zero-order chi connectivity index (χ0) is 19.1. The van der Waals surface area contributed by atoms with Crippen molar-refractivity contribution in [2.75, 3.05) is 28.9 Å². The Balaban J connectivity index is 1.56. The number of anilines is 2. The van der Waals surface area contributed by atoms with E-state index in [0.717, 1.165) is 43.1 Å². The average molecular weight is 387 g/mol. The highest BCUT2D eigenvalue weighted by atomic mass is 32.2. The lowest BCUT2D eigenvalue weighted by molar-refractivity contribution is 0.598. The molecule has 1 aliphatic rings. The Morgan fingerprint density at radius 2 is 1.63 bits per heavy atom. The Kier molecular flexibility index (Phi) is 6.34. The van der Waals surface area contributed by atoms with Crippen LogP contribution in [0.3, 0.4) is 0 Å². The first kappa shape index (κ1) is 19.2. The maximum Gasteiger partial charge on any atom is 0.232 e. The molecule has 1 aliphatic heterocycles. The Labute approximate surface area is 161 Å². The van der Waals surface area contributed by atoms with Crippen molar-refractivity contribution >= 4 is 27.4 Å². The molecule has 2 aromatic carbocycles. The fraction of sp³-hybridized carbons (Fsp3) is 0.350. The summed E-state index contributed by atoms with van der Waals surface area (Å²) in [6.45, 7) is 3.67. The van der Waals surface area contributed by atoms with Crippen LogP contribution in [0.15, 0.2) is 53.5 Å². The number of rotatable bonds is 8. The summed E-state index contributed by atoms with van der Waals surface area (Å²) in [6.07, 6.45) is 2.32. The molecule has 7 heteroatoms. The van der Waals surface area contributed by atoms with Crippen molar-refractivity contribution in [1.29, 1.82) is 0 Å². The van der Waals surface area contributed by atoms with Crippen molar-refractivity contribution in [3.63, 3.8) is 0 Å². The Morgan fingerprint density at radius 3 is 2.19 bits per heavy atom. The molecule has 3 N–H and O–H groups in total. The summed E-state index contributed by atoms with van der Waals surface area (Å²) in [5.41, 5.74) is 3.94. The van der Waals surface area contributed by atoms with Gasteiger partial charge in [0.2, 0.25) is 10.0 Å². The molecule has 0 aliphatic carbocycles. The van der Waals surface area contributed by atoms with E-state index in [1.165, 1.54) is 5.56 Å². The summed E-state index contributed by atoms with van der Waals surface area (Å²) < 4.78 is 26.6. The van der Waals surface area contributed by atoms with Crippen molar-refractivity contribution in [3.8, 4) is 0 Å². The second-order valence-corrected chi connectivity index (χ2v) is 8.47. The molecule has 6 nitrogen and oxygen atoms in total. The van der Waals surface area contributed by atoms with Crippen LogP contribution in [0, 0.1) is 0 Å². The number of benzene rings is 2. The second-order valence-electron chi connectivity index (χ2n) is 6.63. The van der Waals surface area contributed by atoms with E-state index in [9.17, 15) is 8.42 Å². The minimum atomic E-state index is -3.26. The van der Waals surface area contributed by atoms with E-state index in [-0.39, 0.29) is 5.75 Å². The van der Waals surface area contributed by atoms with Crippen LogP contribution in [0.5, 0.6) is 0 Å². The maximum atomic E-state index is 12.0. The predicted octanol–water partition coefficient (Wildman–Crippen LogP) is 3.19. The molecule has 0 amide bonds. The number of nitrogens with one attached hydrogen (secondary N) is 3. The van der Waals surface area contributed by atoms with Gasteiger partial charge in [0.05, 0.1) is 12.3 Å². The molecule has 0 saturated carbocycles. The molecule has 0 spiro atoms. The lowest BCUT2D eigenvalue weighted by Crippen LogP contribution is -2.26. The number of sulfonamides is 1. The van der Waals surface area contributed by atoms with Gasteiger partial charge >= 0.3 is 0 Å². The summed E-state index contributed by atoms with van der Waals surface area (Å²) >= 11 is 0. The van der Waals surface area contributed by atoms with Gasteiger partial charge in [0.25, 0.3) is 0 Å². The fourth-order valence-electron chi connectivity index (χ4n) is 2.82. The van der Waals surface area contributed by atoms with Gasteiger partial charge in [0.1, 0.15) is 0 Å². The van der Waals surface area contributed by atoms with Crippen molar-refractivity contribution < 1.29 is 8.42 Å². The quantitative estimate of drug-likeness (QED) is 0.651. The summed E-state index contributed by atoms with van der Waals surface area (Å²) in [7, 11) is -3.26. The van der Waals surface area contributed by atoms with Gasteiger partial charge in [0.15, 0.2) is 5.96 Å². The summed E-state index contributed by atoms with van der Waals surface area (Å²) in [5.74, 6) is 0.979. The Bertz CT molecular complexity index is 875. The summed E-state index contributed by atoms with van der Waals surface area (Å²) in [6, 6.07) is 15.8. The first-order valence-corrected chi connectivity index (χ1v) is 10.9. The molecule has 0 aromatic heterocycles. The van der Waals surface area contributed by atoms with Crippen LogP contribution in [0.2, 0.25) is 0 Å². The minimum Gasteiger partial charge on any atom is -0.354 e. The third-order valence-corrected chi connectivity index (χ3v) is 5.67. The largest absolute Gasteiger partial charge is 0.354 e. The Morgan fingerprint density at radius 1 is 1.00 bits per heavy atom. The van der Waals surface area contributed by atoms with Gasteiger partial charge in [-0.3, -0.25) is 9.71 Å². The molecular formula is C20H26N4O2S. The van der Waals surface area contributed by atoms with Gasteiger partial charge in [-0.1, -0.05) is 37.6 Å². The van der Waals surface area contributed by atoms with Crippen molar-refractivity contribution in [2.45, 2.75) is 26.2 Å². The smallest absolute Gasteiger partial charge is 0.232 e. The number of unbranched alkanes of at least 4 members (excludes halogenated alkanes) is 1. The fourth-order valence-corrected chi connectivity index (χ4v) is 4.08. The number of hydrogen-bond donors (Lipinski definition) is 3. The van der Waals surface area contributed by atoms with Crippen LogP contribution in [0.25, 0.3) is 0 Å². The third kappa shape index (κ3) is 5.99. The molecule has 0 fully saturated rings. The van der Waals surface area contributed by atoms with Crippen molar-refractivity contribution in [2.24, 2.45) is 4.99 Å². The zero-order valence-corrected chi connectivity index (χ0v) is 16.3. The highest BCUT2D eigenvalue weighted by Crippen LogP contribution is 2.17. The SMILES string of the molecule is CCCCS(=O)(=O)Nc1ccc(Cc2ccc(NC3=NCCN3)cc2)cc1. The van der Waals surface area contributed by atoms with E-state index in [1.807, 2.05) is 43.3 Å². The Hall–Kier alpha value is -2.54. The first-order valence-electron chi connectivity index (χ1n) is 9.28. The van der Waals surface area contributed by atoms with Gasteiger partial charge in [-0.2, -0.15) is 0 Å². The molecule has 1 heterocycles. The van der Waals surface area contributed by atoms with Gasteiger partial charge in [0, 0.05) is 17.9 Å². The predicted molar refractivity (Wildman–Crippen MR) is 112 cm³/mol. The number of aliphatic imine (C=N–C) groups is 1. The van der Waals surface area contributed by atoms with Gasteiger partial charge < -0.3 is 10.6 Å². The van der Waals surface area contributed by atoms with Crippen LogP contribution < -0.4 is 15.4 Å². The van der Waals surface area contributed by atoms with Gasteiger partial charge in [-0.05, 0) is 48.2 Å². The van der Waals surface area contributed by atoms with Crippen molar-refractivity contribution in [1.82, 2.24) is 5.32 Å². The van der Waals surface area contributed by atoms with E-state index in [2.05, 4.69) is 32.5 Å². The third-order valence-electron chi connectivity index (χ3n) is 4.29. The summed E-state index contributed by atoms with van der Waals surface area (Å²) in [5, 5.41) is 6.43. The average Bonchev–Trinajstić information content (AvgIpc) is 3.16. The molecule has 0 bridgehead atoms. The molecular weight excluding hydrogens is 360 g/mol. The molecule has 2 aromatic rings. The number of nitrogens with zero attached hydrogens (tertiary/aromatic N) is 1. The highest BCUT2D eigenvalue weighted by molar-refractivity contribution is 7.92. The molecule has 144 valence electrons. The maximum absolute atomic E-state index is 12.0. The lowest BCUT2D eigenvalue weighted by Gasteiger charge is -2.09. The zero-order valence-electron chi connectivity index (χ0n) is 15.5. The molecule has 27 heavy (non-hydrogen) atoms. The molecule has 3 rings (SSSR count). The molecule has 0 saturated heterocycles. The number of hydrogen-bond acceptors (Lipinski definition) is 5. The van der Waals surface area contributed by atoms with Crippen LogP contribution in [0.1, 0.15) is 30.9 Å². The number of guanidine groups is 1. The van der Waals surface area contributed by atoms with Gasteiger partial charge in [-0.25, -0.2) is 8.42 Å². The van der Waals surface area contributed by atoms with E-state index in [0.29, 0.717) is 12.1 Å². The minimum absolute atomic E-state index is 0.160. The first-order chi connectivity index (χ1) is 13.0. The second kappa shape index (κ2) is 8.90. The molecule has 0 unspecified atom stereocenters. The van der Waals surface area contributed by atoms with Crippen LogP contribution in [0.4, 0.5) is 11.4 Å². The van der Waals surface area contributed by atoms with Crippen LogP contribution in [-0.2, 0) is 16.4 Å². The standard InChI is InChI=1S/C20H26N4O2S/c1-2-3-14-27(25,26)24-19-10-6-17(7-11-19)15-16-4-8-18(9-5-16)23-20-21-12-13-22-20/h4-11,24H,2-3,12-15H2,1H3,(H2,21,22,23). The van der Waals surface area contributed by atoms with E-state index in [4.69, 9.17) is 0 Å². The van der Waals surface area contributed by atoms with Crippen molar-refractivity contribution in [3.05, 3.63) is 59.7 Å². The van der Waals surface area contributed by atoms with E-state index < -0.39 is 10.0 Å². The van der Waals surface area contributed by atoms with E-state index in [1.54, 1.807) is 0 Å². The highest BCUT2D eigenvalue weighted by Gasteiger charge is 2.09. The summed E-state index contributed by atoms with van der Waals surface area (Å²) in [4.78, 5) is 4.32. The molecule has 0 radical (unpaired) electrons. The normalized spacial score (nSPS) is 13.7. The lowest BCUT2D eigenvalue weighted by atomic mass is 10.0. The topological polar surface area (TPSA) is 82.6 Å². The van der Waals surface area contributed by atoms with Crippen LogP contribution >= 0.6 is 0 Å². The van der Waals surface area contributed by atoms with Gasteiger partial charge in [-0.15, -0.1) is 0 Å². The van der Waals surface area contributed by atoms with Crippen LogP contribution in [-0.4, -0.2) is 33.2 Å². The molecule has 0 atom stereocenters. The van der Waals surface area contributed by atoms with E-state index >= 15 is 0 Å². The monoisotopic (exact) mass is 386 g/mol.